The number of hydrogen-bond donors (Lipinski definition) is 1. The molecule has 1 nitrogen and oxygen atoms in total. The fourth-order valence-electron chi connectivity index (χ4n) is 1.50. The normalized spacial score (nSPS) is 10.7. The van der Waals surface area contributed by atoms with Crippen LogP contribution >= 0.6 is 22.9 Å². The zero-order valence-electron chi connectivity index (χ0n) is 8.76. The highest BCUT2D eigenvalue weighted by Gasteiger charge is 2.07. The van der Waals surface area contributed by atoms with E-state index in [-0.39, 0.29) is 5.82 Å². The van der Waals surface area contributed by atoms with Gasteiger partial charge in [-0.25, -0.2) is 4.39 Å². The molecule has 0 amide bonds. The molecule has 0 fully saturated rings. The van der Waals surface area contributed by atoms with Crippen molar-refractivity contribution in [2.45, 2.75) is 6.54 Å². The fraction of sp³-hybridized carbons (Fsp3) is 0.167. The molecule has 84 valence electrons. The van der Waals surface area contributed by atoms with Gasteiger partial charge in [0, 0.05) is 17.0 Å². The summed E-state index contributed by atoms with van der Waals surface area (Å²) >= 11 is 7.62. The van der Waals surface area contributed by atoms with Crippen LogP contribution in [0, 0.1) is 5.82 Å². The van der Waals surface area contributed by atoms with Crippen LogP contribution in [0.5, 0.6) is 0 Å². The molecule has 0 aliphatic carbocycles. The van der Waals surface area contributed by atoms with Crippen LogP contribution in [-0.4, -0.2) is 7.05 Å². The average molecular weight is 256 g/mol. The van der Waals surface area contributed by atoms with Crippen molar-refractivity contribution in [2.24, 2.45) is 0 Å². The highest BCUT2D eigenvalue weighted by Crippen LogP contribution is 2.33. The van der Waals surface area contributed by atoms with Gasteiger partial charge in [0.05, 0.1) is 5.02 Å². The number of rotatable bonds is 3. The molecule has 0 aliphatic heterocycles. The lowest BCUT2D eigenvalue weighted by Crippen LogP contribution is -2.03. The maximum Gasteiger partial charge on any atom is 0.124 e. The van der Waals surface area contributed by atoms with Crippen LogP contribution in [0.15, 0.2) is 29.6 Å². The Bertz CT molecular complexity index is 496. The van der Waals surface area contributed by atoms with E-state index >= 15 is 0 Å². The Balaban J connectivity index is 2.35. The summed E-state index contributed by atoms with van der Waals surface area (Å²) in [6.45, 7) is 0.829. The number of thiophene rings is 1. The summed E-state index contributed by atoms with van der Waals surface area (Å²) in [5.74, 6) is -0.305. The first-order chi connectivity index (χ1) is 7.70. The van der Waals surface area contributed by atoms with E-state index in [1.807, 2.05) is 7.05 Å². The van der Waals surface area contributed by atoms with E-state index in [1.165, 1.54) is 17.7 Å². The minimum atomic E-state index is -0.305. The zero-order valence-corrected chi connectivity index (χ0v) is 10.3. The Morgan fingerprint density at radius 1 is 1.38 bits per heavy atom. The Labute approximate surface area is 103 Å². The highest BCUT2D eigenvalue weighted by atomic mass is 35.5. The van der Waals surface area contributed by atoms with Crippen molar-refractivity contribution in [3.05, 3.63) is 46.0 Å². The van der Waals surface area contributed by atoms with Crippen LogP contribution in [-0.2, 0) is 6.54 Å². The maximum atomic E-state index is 12.9. The van der Waals surface area contributed by atoms with Crippen LogP contribution in [0.4, 0.5) is 4.39 Å². The first-order valence-electron chi connectivity index (χ1n) is 4.88. The molecule has 1 aromatic carbocycles. The molecule has 2 rings (SSSR count). The minimum absolute atomic E-state index is 0.305. The summed E-state index contributed by atoms with van der Waals surface area (Å²) in [6.07, 6.45) is 0. The molecule has 16 heavy (non-hydrogen) atoms. The Hall–Kier alpha value is -0.900. The van der Waals surface area contributed by atoms with Gasteiger partial charge in [0.15, 0.2) is 0 Å². The van der Waals surface area contributed by atoms with E-state index in [9.17, 15) is 4.39 Å². The molecule has 0 atom stereocenters. The third kappa shape index (κ3) is 2.43. The van der Waals surface area contributed by atoms with Crippen molar-refractivity contribution in [1.82, 2.24) is 5.32 Å². The van der Waals surface area contributed by atoms with E-state index in [0.717, 1.165) is 17.0 Å². The van der Waals surface area contributed by atoms with Crippen LogP contribution in [0.1, 0.15) is 5.56 Å². The maximum absolute atomic E-state index is 12.9. The molecule has 1 aromatic heterocycles. The summed E-state index contributed by atoms with van der Waals surface area (Å²) < 4.78 is 12.9. The van der Waals surface area contributed by atoms with Gasteiger partial charge in [-0.15, -0.1) is 11.3 Å². The standard InChI is InChI=1S/C12H11ClFNS/c1-15-6-8-4-12(16-7-8)10-3-2-9(14)5-11(10)13/h2-5,7,15H,6H2,1H3. The third-order valence-electron chi connectivity index (χ3n) is 2.23. The van der Waals surface area contributed by atoms with E-state index < -0.39 is 0 Å². The van der Waals surface area contributed by atoms with Crippen molar-refractivity contribution in [1.29, 1.82) is 0 Å². The second kappa shape index (κ2) is 4.95. The minimum Gasteiger partial charge on any atom is -0.316 e. The quantitative estimate of drug-likeness (QED) is 0.876. The Morgan fingerprint density at radius 3 is 2.88 bits per heavy atom. The van der Waals surface area contributed by atoms with E-state index in [4.69, 9.17) is 11.6 Å². The number of hydrogen-bond acceptors (Lipinski definition) is 2. The zero-order chi connectivity index (χ0) is 11.5. The van der Waals surface area contributed by atoms with Gasteiger partial charge in [-0.3, -0.25) is 0 Å². The first-order valence-corrected chi connectivity index (χ1v) is 6.14. The second-order valence-electron chi connectivity index (χ2n) is 3.47. The molecule has 0 radical (unpaired) electrons. The number of benzene rings is 1. The molecule has 0 aliphatic rings. The van der Waals surface area contributed by atoms with Gasteiger partial charge >= 0.3 is 0 Å². The molecular weight excluding hydrogens is 245 g/mol. The van der Waals surface area contributed by atoms with E-state index in [1.54, 1.807) is 17.4 Å². The monoisotopic (exact) mass is 255 g/mol. The third-order valence-corrected chi connectivity index (χ3v) is 3.56. The number of halogens is 2. The lowest BCUT2D eigenvalue weighted by molar-refractivity contribution is 0.628. The van der Waals surface area contributed by atoms with Crippen LogP contribution in [0.2, 0.25) is 5.02 Å². The molecule has 4 heteroatoms. The van der Waals surface area contributed by atoms with Gasteiger partial charge in [0.2, 0.25) is 0 Å². The Kier molecular flexibility index (Phi) is 3.59. The molecule has 2 aromatic rings. The van der Waals surface area contributed by atoms with Crippen molar-refractivity contribution < 1.29 is 4.39 Å². The largest absolute Gasteiger partial charge is 0.316 e. The first kappa shape index (κ1) is 11.6. The van der Waals surface area contributed by atoms with Crippen LogP contribution in [0.25, 0.3) is 10.4 Å². The summed E-state index contributed by atoms with van der Waals surface area (Å²) in [6, 6.07) is 6.56. The molecule has 0 bridgehead atoms. The summed E-state index contributed by atoms with van der Waals surface area (Å²) in [5, 5.41) is 5.62. The molecule has 0 saturated heterocycles. The van der Waals surface area contributed by atoms with Crippen molar-refractivity contribution in [3.63, 3.8) is 0 Å². The SMILES string of the molecule is CNCc1csc(-c2ccc(F)cc2Cl)c1. The summed E-state index contributed by atoms with van der Waals surface area (Å²) in [7, 11) is 1.90. The van der Waals surface area contributed by atoms with Gasteiger partial charge in [-0.2, -0.15) is 0 Å². The van der Waals surface area contributed by atoms with Gasteiger partial charge in [0.1, 0.15) is 5.82 Å². The average Bonchev–Trinajstić information content (AvgIpc) is 2.67. The van der Waals surface area contributed by atoms with E-state index in [0.29, 0.717) is 5.02 Å². The predicted molar refractivity (Wildman–Crippen MR) is 67.5 cm³/mol. The lowest BCUT2D eigenvalue weighted by Gasteiger charge is -2.00. The molecular formula is C12H11ClFNS. The Morgan fingerprint density at radius 2 is 2.19 bits per heavy atom. The molecule has 0 spiro atoms. The topological polar surface area (TPSA) is 12.0 Å². The second-order valence-corrected chi connectivity index (χ2v) is 4.79. The predicted octanol–water partition coefficient (Wildman–Crippen LogP) is 3.93. The van der Waals surface area contributed by atoms with Crippen LogP contribution in [0.3, 0.4) is 0 Å². The highest BCUT2D eigenvalue weighted by molar-refractivity contribution is 7.13. The number of nitrogens with one attached hydrogen (secondary N) is 1. The fourth-order valence-corrected chi connectivity index (χ4v) is 2.78. The molecule has 1 N–H and O–H groups in total. The van der Waals surface area contributed by atoms with Gasteiger partial charge in [-0.1, -0.05) is 11.6 Å². The molecule has 0 unspecified atom stereocenters. The van der Waals surface area contributed by atoms with Crippen molar-refractivity contribution in [2.75, 3.05) is 7.05 Å². The smallest absolute Gasteiger partial charge is 0.124 e. The summed E-state index contributed by atoms with van der Waals surface area (Å²) in [4.78, 5) is 1.07. The van der Waals surface area contributed by atoms with Crippen LogP contribution < -0.4 is 5.32 Å². The van der Waals surface area contributed by atoms with E-state index in [2.05, 4.69) is 16.8 Å². The van der Waals surface area contributed by atoms with Crippen molar-refractivity contribution in [3.8, 4) is 10.4 Å². The van der Waals surface area contributed by atoms with Crippen molar-refractivity contribution >= 4 is 22.9 Å². The molecule has 0 saturated carbocycles. The van der Waals surface area contributed by atoms with Gasteiger partial charge in [0.25, 0.3) is 0 Å². The lowest BCUT2D eigenvalue weighted by atomic mass is 10.1. The van der Waals surface area contributed by atoms with Gasteiger partial charge < -0.3 is 5.32 Å². The van der Waals surface area contributed by atoms with Gasteiger partial charge in [-0.05, 0) is 42.3 Å². The molecule has 1 heterocycles. The summed E-state index contributed by atoms with van der Waals surface area (Å²) in [5.41, 5.74) is 2.10.